The number of halogens is 1. The summed E-state index contributed by atoms with van der Waals surface area (Å²) in [5.41, 5.74) is 2.02. The molecule has 2 aromatic carbocycles. The Morgan fingerprint density at radius 1 is 1.14 bits per heavy atom. The molecule has 21 heavy (non-hydrogen) atoms. The molecule has 0 amide bonds. The first-order valence-electron chi connectivity index (χ1n) is 6.97. The number of aromatic hydroxyl groups is 1. The number of phenolic OH excluding ortho intramolecular Hbond substituents is 1. The summed E-state index contributed by atoms with van der Waals surface area (Å²) in [6.45, 7) is 5.37. The molecule has 112 valence electrons. The van der Waals surface area contributed by atoms with E-state index in [0.29, 0.717) is 23.4 Å². The Kier molecular flexibility index (Phi) is 5.48. The van der Waals surface area contributed by atoms with Crippen molar-refractivity contribution in [2.45, 2.75) is 33.0 Å². The van der Waals surface area contributed by atoms with Crippen molar-refractivity contribution in [1.29, 1.82) is 0 Å². The van der Waals surface area contributed by atoms with Crippen molar-refractivity contribution < 1.29 is 9.84 Å². The van der Waals surface area contributed by atoms with Crippen LogP contribution in [0.15, 0.2) is 42.5 Å². The van der Waals surface area contributed by atoms with Gasteiger partial charge in [0.25, 0.3) is 0 Å². The largest absolute Gasteiger partial charge is 0.508 e. The summed E-state index contributed by atoms with van der Waals surface area (Å²) in [7, 11) is 0. The van der Waals surface area contributed by atoms with Gasteiger partial charge in [0.15, 0.2) is 0 Å². The molecular formula is C17H20ClNO2. The number of nitrogens with one attached hydrogen (secondary N) is 1. The van der Waals surface area contributed by atoms with Crippen LogP contribution in [0.4, 0.5) is 0 Å². The number of hydrogen-bond acceptors (Lipinski definition) is 3. The zero-order valence-corrected chi connectivity index (χ0v) is 13.0. The molecule has 0 saturated heterocycles. The Bertz CT molecular complexity index is 599. The molecule has 0 radical (unpaired) electrons. The summed E-state index contributed by atoms with van der Waals surface area (Å²) in [5.74, 6) is 0.880. The van der Waals surface area contributed by atoms with Gasteiger partial charge in [0.05, 0.1) is 5.02 Å². The average Bonchev–Trinajstić information content (AvgIpc) is 2.44. The molecule has 2 rings (SSSR count). The van der Waals surface area contributed by atoms with E-state index >= 15 is 0 Å². The molecule has 2 N–H and O–H groups in total. The fourth-order valence-electron chi connectivity index (χ4n) is 1.90. The molecule has 0 atom stereocenters. The summed E-state index contributed by atoms with van der Waals surface area (Å²) in [6.07, 6.45) is 0. The molecule has 0 heterocycles. The fourth-order valence-corrected chi connectivity index (χ4v) is 2.16. The Morgan fingerprint density at radius 3 is 2.62 bits per heavy atom. The van der Waals surface area contributed by atoms with E-state index in [1.54, 1.807) is 18.2 Å². The third-order valence-corrected chi connectivity index (χ3v) is 3.31. The van der Waals surface area contributed by atoms with Gasteiger partial charge >= 0.3 is 0 Å². The summed E-state index contributed by atoms with van der Waals surface area (Å²) >= 11 is 6.24. The molecule has 0 aromatic heterocycles. The molecule has 0 unspecified atom stereocenters. The van der Waals surface area contributed by atoms with Gasteiger partial charge in [0, 0.05) is 12.6 Å². The molecule has 0 aliphatic heterocycles. The second-order valence-electron chi connectivity index (χ2n) is 5.26. The summed E-state index contributed by atoms with van der Waals surface area (Å²) in [6, 6.07) is 13.2. The molecule has 0 aliphatic carbocycles. The smallest absolute Gasteiger partial charge is 0.138 e. The van der Waals surface area contributed by atoms with Gasteiger partial charge in [-0.15, -0.1) is 0 Å². The van der Waals surface area contributed by atoms with E-state index in [9.17, 15) is 5.11 Å². The van der Waals surface area contributed by atoms with E-state index < -0.39 is 0 Å². The Balaban J connectivity index is 1.97. The second kappa shape index (κ2) is 7.34. The first kappa shape index (κ1) is 15.7. The van der Waals surface area contributed by atoms with Gasteiger partial charge in [0.2, 0.25) is 0 Å². The van der Waals surface area contributed by atoms with Crippen LogP contribution in [0.1, 0.15) is 25.0 Å². The van der Waals surface area contributed by atoms with Crippen LogP contribution in [-0.4, -0.2) is 11.1 Å². The summed E-state index contributed by atoms with van der Waals surface area (Å²) in [4.78, 5) is 0. The zero-order chi connectivity index (χ0) is 15.2. The minimum absolute atomic E-state index is 0.234. The van der Waals surface area contributed by atoms with Gasteiger partial charge in [-0.25, -0.2) is 0 Å². The number of ether oxygens (including phenoxy) is 1. The van der Waals surface area contributed by atoms with Crippen LogP contribution in [0.3, 0.4) is 0 Å². The molecule has 0 saturated carbocycles. The van der Waals surface area contributed by atoms with Gasteiger partial charge in [-0.05, 0) is 35.4 Å². The van der Waals surface area contributed by atoms with Crippen molar-refractivity contribution in [3.05, 3.63) is 58.6 Å². The second-order valence-corrected chi connectivity index (χ2v) is 5.67. The summed E-state index contributed by atoms with van der Waals surface area (Å²) < 4.78 is 5.69. The Hall–Kier alpha value is -1.71. The van der Waals surface area contributed by atoms with Crippen molar-refractivity contribution in [3.63, 3.8) is 0 Å². The Labute approximate surface area is 130 Å². The number of phenols is 1. The van der Waals surface area contributed by atoms with Crippen molar-refractivity contribution in [3.8, 4) is 11.5 Å². The zero-order valence-electron chi connectivity index (χ0n) is 12.3. The SMILES string of the molecule is CC(C)NCc1ccc(OCc2cccc(O)c2)c(Cl)c1. The molecule has 0 fully saturated rings. The van der Waals surface area contributed by atoms with Gasteiger partial charge in [-0.1, -0.05) is 43.6 Å². The standard InChI is InChI=1S/C17H20ClNO2/c1-12(2)19-10-13-6-7-17(16(18)9-13)21-11-14-4-3-5-15(20)8-14/h3-9,12,19-20H,10-11H2,1-2H3. The van der Waals surface area contributed by atoms with Crippen LogP contribution in [0.5, 0.6) is 11.5 Å². The summed E-state index contributed by atoms with van der Waals surface area (Å²) in [5, 5.41) is 13.4. The van der Waals surface area contributed by atoms with Crippen LogP contribution in [0.25, 0.3) is 0 Å². The first-order valence-corrected chi connectivity index (χ1v) is 7.35. The molecule has 4 heteroatoms. The van der Waals surface area contributed by atoms with Gasteiger partial charge in [-0.2, -0.15) is 0 Å². The maximum absolute atomic E-state index is 9.42. The van der Waals surface area contributed by atoms with Gasteiger partial charge in [0.1, 0.15) is 18.1 Å². The van der Waals surface area contributed by atoms with Crippen molar-refractivity contribution in [1.82, 2.24) is 5.32 Å². The highest BCUT2D eigenvalue weighted by Gasteiger charge is 2.05. The van der Waals surface area contributed by atoms with Crippen LogP contribution in [-0.2, 0) is 13.2 Å². The van der Waals surface area contributed by atoms with Crippen LogP contribution in [0, 0.1) is 0 Å². The van der Waals surface area contributed by atoms with E-state index in [1.807, 2.05) is 24.3 Å². The lowest BCUT2D eigenvalue weighted by Gasteiger charge is -2.11. The predicted molar refractivity (Wildman–Crippen MR) is 85.9 cm³/mol. The molecular weight excluding hydrogens is 286 g/mol. The minimum atomic E-state index is 0.234. The number of benzene rings is 2. The average molecular weight is 306 g/mol. The van der Waals surface area contributed by atoms with Crippen LogP contribution < -0.4 is 10.1 Å². The van der Waals surface area contributed by atoms with E-state index in [1.165, 1.54) is 0 Å². The molecule has 2 aromatic rings. The molecule has 0 spiro atoms. The minimum Gasteiger partial charge on any atom is -0.508 e. The lowest BCUT2D eigenvalue weighted by Crippen LogP contribution is -2.21. The number of rotatable bonds is 6. The quantitative estimate of drug-likeness (QED) is 0.843. The van der Waals surface area contributed by atoms with Crippen molar-refractivity contribution in [2.24, 2.45) is 0 Å². The third kappa shape index (κ3) is 4.96. The third-order valence-electron chi connectivity index (χ3n) is 3.02. The molecule has 0 bridgehead atoms. The van der Waals surface area contributed by atoms with Crippen LogP contribution in [0.2, 0.25) is 5.02 Å². The van der Waals surface area contributed by atoms with Crippen LogP contribution >= 0.6 is 11.6 Å². The maximum atomic E-state index is 9.42. The Morgan fingerprint density at radius 2 is 1.95 bits per heavy atom. The van der Waals surface area contributed by atoms with Gasteiger partial charge in [-0.3, -0.25) is 0 Å². The molecule has 3 nitrogen and oxygen atoms in total. The van der Waals surface area contributed by atoms with E-state index in [4.69, 9.17) is 16.3 Å². The molecule has 0 aliphatic rings. The highest BCUT2D eigenvalue weighted by molar-refractivity contribution is 6.32. The topological polar surface area (TPSA) is 41.5 Å². The fraction of sp³-hybridized carbons (Fsp3) is 0.294. The number of hydrogen-bond donors (Lipinski definition) is 2. The van der Waals surface area contributed by atoms with Gasteiger partial charge < -0.3 is 15.2 Å². The van der Waals surface area contributed by atoms with Crippen molar-refractivity contribution >= 4 is 11.6 Å². The lowest BCUT2D eigenvalue weighted by atomic mass is 10.2. The normalized spacial score (nSPS) is 10.9. The lowest BCUT2D eigenvalue weighted by molar-refractivity contribution is 0.305. The highest BCUT2D eigenvalue weighted by Crippen LogP contribution is 2.26. The van der Waals surface area contributed by atoms with E-state index in [0.717, 1.165) is 17.7 Å². The first-order chi connectivity index (χ1) is 10.0. The van der Waals surface area contributed by atoms with Crippen molar-refractivity contribution in [2.75, 3.05) is 0 Å². The maximum Gasteiger partial charge on any atom is 0.138 e. The highest BCUT2D eigenvalue weighted by atomic mass is 35.5. The predicted octanol–water partition coefficient (Wildman–Crippen LogP) is 4.12. The monoisotopic (exact) mass is 305 g/mol. The van der Waals surface area contributed by atoms with E-state index in [-0.39, 0.29) is 5.75 Å². The van der Waals surface area contributed by atoms with E-state index in [2.05, 4.69) is 19.2 Å².